The number of urea groups is 1. The molecule has 134 valence electrons. The van der Waals surface area contributed by atoms with Gasteiger partial charge in [-0.25, -0.2) is 4.79 Å². The summed E-state index contributed by atoms with van der Waals surface area (Å²) in [4.78, 5) is 45.9. The number of carbonyl (C=O) groups is 4. The second-order valence-corrected chi connectivity index (χ2v) is 4.82. The predicted molar refractivity (Wildman–Crippen MR) is 83.1 cm³/mol. The standard InChI is InChI=1S/C15H17N3O7/c1-2-16-15(22)18-12(19)7-23-13(20)6-17-14(21)9-3-4-10-11(5-9)25-8-24-10/h3-5H,2,6-8H2,1H3,(H,17,21)(H2,16,18,19,22). The van der Waals surface area contributed by atoms with Crippen LogP contribution in [0.3, 0.4) is 0 Å². The van der Waals surface area contributed by atoms with Crippen LogP contribution in [0.15, 0.2) is 18.2 Å². The molecular formula is C15H17N3O7. The molecule has 0 fully saturated rings. The van der Waals surface area contributed by atoms with Crippen LogP contribution >= 0.6 is 0 Å². The number of amides is 4. The first-order valence-electron chi connectivity index (χ1n) is 7.40. The quantitative estimate of drug-likeness (QED) is 0.591. The third-order valence-corrected chi connectivity index (χ3v) is 2.98. The third-order valence-electron chi connectivity index (χ3n) is 2.98. The van der Waals surface area contributed by atoms with Gasteiger partial charge in [0.1, 0.15) is 6.54 Å². The van der Waals surface area contributed by atoms with E-state index in [2.05, 4.69) is 15.4 Å². The Morgan fingerprint density at radius 2 is 1.88 bits per heavy atom. The number of carbonyl (C=O) groups excluding carboxylic acids is 4. The first-order valence-corrected chi connectivity index (χ1v) is 7.40. The summed E-state index contributed by atoms with van der Waals surface area (Å²) in [5, 5.41) is 6.68. The van der Waals surface area contributed by atoms with Crippen molar-refractivity contribution in [1.82, 2.24) is 16.0 Å². The van der Waals surface area contributed by atoms with E-state index in [4.69, 9.17) is 9.47 Å². The van der Waals surface area contributed by atoms with E-state index in [-0.39, 0.29) is 12.4 Å². The van der Waals surface area contributed by atoms with Gasteiger partial charge in [-0.3, -0.25) is 19.7 Å². The fraction of sp³-hybridized carbons (Fsp3) is 0.333. The van der Waals surface area contributed by atoms with E-state index >= 15 is 0 Å². The van der Waals surface area contributed by atoms with Gasteiger partial charge < -0.3 is 24.8 Å². The Bertz CT molecular complexity index is 690. The van der Waals surface area contributed by atoms with E-state index in [1.807, 2.05) is 5.32 Å². The Morgan fingerprint density at radius 1 is 1.12 bits per heavy atom. The second-order valence-electron chi connectivity index (χ2n) is 4.82. The normalized spacial score (nSPS) is 11.4. The van der Waals surface area contributed by atoms with Gasteiger partial charge in [0.05, 0.1) is 0 Å². The molecule has 25 heavy (non-hydrogen) atoms. The first kappa shape index (κ1) is 18.0. The number of rotatable bonds is 6. The van der Waals surface area contributed by atoms with Crippen LogP contribution in [0.25, 0.3) is 0 Å². The summed E-state index contributed by atoms with van der Waals surface area (Å²) in [7, 11) is 0. The van der Waals surface area contributed by atoms with Crippen molar-refractivity contribution in [2.75, 3.05) is 26.5 Å². The van der Waals surface area contributed by atoms with Gasteiger partial charge >= 0.3 is 12.0 Å². The average Bonchev–Trinajstić information content (AvgIpc) is 3.05. The monoisotopic (exact) mass is 351 g/mol. The maximum absolute atomic E-state index is 12.0. The zero-order chi connectivity index (χ0) is 18.2. The Kier molecular flexibility index (Phi) is 6.15. The molecule has 0 aromatic heterocycles. The van der Waals surface area contributed by atoms with Gasteiger partial charge in [-0.1, -0.05) is 0 Å². The molecule has 1 aromatic rings. The molecule has 10 heteroatoms. The van der Waals surface area contributed by atoms with Crippen LogP contribution < -0.4 is 25.4 Å². The number of nitrogens with one attached hydrogen (secondary N) is 3. The Morgan fingerprint density at radius 3 is 2.64 bits per heavy atom. The second kappa shape index (κ2) is 8.52. The summed E-state index contributed by atoms with van der Waals surface area (Å²) >= 11 is 0. The molecule has 1 aliphatic rings. The molecular weight excluding hydrogens is 334 g/mol. The molecule has 4 amide bonds. The number of benzene rings is 1. The lowest BCUT2D eigenvalue weighted by atomic mass is 10.2. The van der Waals surface area contributed by atoms with Gasteiger partial charge in [0.25, 0.3) is 11.8 Å². The third kappa shape index (κ3) is 5.37. The summed E-state index contributed by atoms with van der Waals surface area (Å²) in [6.45, 7) is 1.07. The summed E-state index contributed by atoms with van der Waals surface area (Å²) in [5.74, 6) is -1.13. The van der Waals surface area contributed by atoms with Crippen molar-refractivity contribution >= 4 is 23.8 Å². The number of fused-ring (bicyclic) bond motifs is 1. The van der Waals surface area contributed by atoms with Gasteiger partial charge in [-0.05, 0) is 25.1 Å². The summed E-state index contributed by atoms with van der Waals surface area (Å²) < 4.78 is 14.9. The number of esters is 1. The van der Waals surface area contributed by atoms with Crippen LogP contribution in [-0.4, -0.2) is 50.3 Å². The molecule has 0 saturated heterocycles. The topological polar surface area (TPSA) is 132 Å². The van der Waals surface area contributed by atoms with Gasteiger partial charge in [-0.2, -0.15) is 0 Å². The van der Waals surface area contributed by atoms with Crippen LogP contribution in [-0.2, 0) is 14.3 Å². The van der Waals surface area contributed by atoms with Crippen LogP contribution in [0.4, 0.5) is 4.79 Å². The highest BCUT2D eigenvalue weighted by Gasteiger charge is 2.17. The zero-order valence-electron chi connectivity index (χ0n) is 13.4. The molecule has 2 rings (SSSR count). The van der Waals surface area contributed by atoms with E-state index in [0.29, 0.717) is 18.0 Å². The zero-order valence-corrected chi connectivity index (χ0v) is 13.4. The number of hydrogen-bond acceptors (Lipinski definition) is 7. The van der Waals surface area contributed by atoms with E-state index in [9.17, 15) is 19.2 Å². The molecule has 1 aromatic carbocycles. The van der Waals surface area contributed by atoms with Gasteiger partial charge in [0, 0.05) is 12.1 Å². The Balaban J connectivity index is 1.71. The summed E-state index contributed by atoms with van der Waals surface area (Å²) in [6, 6.07) is 3.91. The van der Waals surface area contributed by atoms with Crippen molar-refractivity contribution < 1.29 is 33.4 Å². The highest BCUT2D eigenvalue weighted by molar-refractivity contribution is 5.97. The van der Waals surface area contributed by atoms with Crippen LogP contribution in [0, 0.1) is 0 Å². The van der Waals surface area contributed by atoms with Gasteiger partial charge in [-0.15, -0.1) is 0 Å². The molecule has 0 unspecified atom stereocenters. The highest BCUT2D eigenvalue weighted by Crippen LogP contribution is 2.32. The molecule has 1 aliphatic heterocycles. The maximum Gasteiger partial charge on any atom is 0.325 e. The van der Waals surface area contributed by atoms with Crippen molar-refractivity contribution in [1.29, 1.82) is 0 Å². The van der Waals surface area contributed by atoms with Crippen LogP contribution in [0.1, 0.15) is 17.3 Å². The molecule has 3 N–H and O–H groups in total. The SMILES string of the molecule is CCNC(=O)NC(=O)COC(=O)CNC(=O)c1ccc2c(c1)OCO2. The number of ether oxygens (including phenoxy) is 3. The van der Waals surface area contributed by atoms with Gasteiger partial charge in [0.15, 0.2) is 18.1 Å². The molecule has 0 atom stereocenters. The van der Waals surface area contributed by atoms with Crippen molar-refractivity contribution in [2.45, 2.75) is 6.92 Å². The molecule has 0 aliphatic carbocycles. The first-order chi connectivity index (χ1) is 12.0. The maximum atomic E-state index is 12.0. The lowest BCUT2D eigenvalue weighted by molar-refractivity contribution is -0.147. The van der Waals surface area contributed by atoms with Crippen LogP contribution in [0.5, 0.6) is 11.5 Å². The number of imide groups is 1. The van der Waals surface area contributed by atoms with Crippen molar-refractivity contribution in [3.05, 3.63) is 23.8 Å². The highest BCUT2D eigenvalue weighted by atomic mass is 16.7. The fourth-order valence-electron chi connectivity index (χ4n) is 1.86. The summed E-state index contributed by atoms with van der Waals surface area (Å²) in [6.07, 6.45) is 0. The predicted octanol–water partition coefficient (Wildman–Crippen LogP) is -0.466. The Hall–Kier alpha value is -3.30. The fourth-order valence-corrected chi connectivity index (χ4v) is 1.86. The average molecular weight is 351 g/mol. The lowest BCUT2D eigenvalue weighted by Gasteiger charge is -2.07. The van der Waals surface area contributed by atoms with Crippen LogP contribution in [0.2, 0.25) is 0 Å². The van der Waals surface area contributed by atoms with E-state index in [1.54, 1.807) is 13.0 Å². The lowest BCUT2D eigenvalue weighted by Crippen LogP contribution is -2.41. The van der Waals surface area contributed by atoms with Crippen molar-refractivity contribution in [3.63, 3.8) is 0 Å². The molecule has 0 saturated carbocycles. The molecule has 10 nitrogen and oxygen atoms in total. The minimum atomic E-state index is -0.819. The minimum absolute atomic E-state index is 0.0884. The molecule has 0 spiro atoms. The summed E-state index contributed by atoms with van der Waals surface area (Å²) in [5.41, 5.74) is 0.283. The smallest absolute Gasteiger partial charge is 0.325 e. The molecule has 0 radical (unpaired) electrons. The number of hydrogen-bond donors (Lipinski definition) is 3. The largest absolute Gasteiger partial charge is 0.454 e. The molecule has 1 heterocycles. The van der Waals surface area contributed by atoms with Gasteiger partial charge in [0.2, 0.25) is 6.79 Å². The Labute approximate surface area is 142 Å². The van der Waals surface area contributed by atoms with Crippen molar-refractivity contribution in [3.8, 4) is 11.5 Å². The minimum Gasteiger partial charge on any atom is -0.454 e. The molecule has 0 bridgehead atoms. The van der Waals surface area contributed by atoms with E-state index in [1.165, 1.54) is 12.1 Å². The van der Waals surface area contributed by atoms with E-state index in [0.717, 1.165) is 0 Å². The van der Waals surface area contributed by atoms with E-state index < -0.39 is 37.0 Å². The van der Waals surface area contributed by atoms with Crippen molar-refractivity contribution in [2.24, 2.45) is 0 Å².